The second-order valence-electron chi connectivity index (χ2n) is 9.10. The van der Waals surface area contributed by atoms with Crippen LogP contribution in [0.4, 0.5) is 4.79 Å². The predicted octanol–water partition coefficient (Wildman–Crippen LogP) is 6.66. The quantitative estimate of drug-likeness (QED) is 0.282. The predicted molar refractivity (Wildman–Crippen MR) is 139 cm³/mol. The van der Waals surface area contributed by atoms with Gasteiger partial charge in [0.05, 0.1) is 12.1 Å². The van der Waals surface area contributed by atoms with Gasteiger partial charge in [-0.3, -0.25) is 4.79 Å². The molecule has 0 unspecified atom stereocenters. The summed E-state index contributed by atoms with van der Waals surface area (Å²) in [5.74, 6) is -0.193. The second-order valence-corrected chi connectivity index (χ2v) is 9.51. The van der Waals surface area contributed by atoms with Crippen molar-refractivity contribution in [3.63, 3.8) is 0 Å². The molecular weight excluding hydrogens is 464 g/mol. The van der Waals surface area contributed by atoms with Crippen LogP contribution in [0.5, 0.6) is 0 Å². The van der Waals surface area contributed by atoms with E-state index in [9.17, 15) is 9.59 Å². The van der Waals surface area contributed by atoms with Gasteiger partial charge in [-0.2, -0.15) is 4.99 Å². The van der Waals surface area contributed by atoms with Crippen LogP contribution in [0.1, 0.15) is 86.1 Å². The Labute approximate surface area is 212 Å². The number of hydrogen-bond donors (Lipinski definition) is 2. The summed E-state index contributed by atoms with van der Waals surface area (Å²) in [4.78, 5) is 27.0. The van der Waals surface area contributed by atoms with Gasteiger partial charge in [0.2, 0.25) is 0 Å². The zero-order valence-corrected chi connectivity index (χ0v) is 21.4. The number of nitrogens with zero attached hydrogens (tertiary/aromatic N) is 1. The molecule has 0 heterocycles. The number of ether oxygens (including phenoxy) is 1. The summed E-state index contributed by atoms with van der Waals surface area (Å²) in [5, 5.41) is 12.3. The molecule has 188 valence electrons. The van der Waals surface area contributed by atoms with Gasteiger partial charge >= 0.3 is 12.1 Å². The highest BCUT2D eigenvalue weighted by atomic mass is 35.5. The summed E-state index contributed by atoms with van der Waals surface area (Å²) in [6.45, 7) is 4.93. The minimum Gasteiger partial charge on any atom is -0.481 e. The van der Waals surface area contributed by atoms with Crippen LogP contribution in [0, 0.1) is 0 Å². The van der Waals surface area contributed by atoms with Crippen molar-refractivity contribution in [2.24, 2.45) is 4.99 Å². The normalized spacial score (nSPS) is 14.7. The van der Waals surface area contributed by atoms with Gasteiger partial charge in [0.1, 0.15) is 6.61 Å². The Balaban J connectivity index is 1.56. The van der Waals surface area contributed by atoms with Crippen molar-refractivity contribution in [3.8, 4) is 0 Å². The first-order chi connectivity index (χ1) is 16.9. The summed E-state index contributed by atoms with van der Waals surface area (Å²) in [6.07, 6.45) is 6.87. The first-order valence-electron chi connectivity index (χ1n) is 12.4. The van der Waals surface area contributed by atoms with E-state index in [1.54, 1.807) is 13.0 Å². The first-order valence-corrected chi connectivity index (χ1v) is 12.8. The Morgan fingerprint density at radius 2 is 1.89 bits per heavy atom. The molecule has 0 spiro atoms. The van der Waals surface area contributed by atoms with Crippen LogP contribution in [0.3, 0.4) is 0 Å². The lowest BCUT2D eigenvalue weighted by molar-refractivity contribution is -0.136. The Bertz CT molecular complexity index is 1060. The lowest BCUT2D eigenvalue weighted by Gasteiger charge is -2.24. The van der Waals surface area contributed by atoms with E-state index in [0.29, 0.717) is 29.7 Å². The lowest BCUT2D eigenvalue weighted by Crippen LogP contribution is -2.17. The maximum absolute atomic E-state index is 12.3. The van der Waals surface area contributed by atoms with E-state index in [4.69, 9.17) is 21.4 Å². The van der Waals surface area contributed by atoms with Gasteiger partial charge in [0.25, 0.3) is 0 Å². The minimum absolute atomic E-state index is 0.0496. The summed E-state index contributed by atoms with van der Waals surface area (Å²) in [5.41, 5.74) is 5.87. The molecule has 6 nitrogen and oxygen atoms in total. The van der Waals surface area contributed by atoms with Crippen molar-refractivity contribution in [2.75, 3.05) is 6.54 Å². The van der Waals surface area contributed by atoms with Gasteiger partial charge in [-0.25, -0.2) is 4.79 Å². The van der Waals surface area contributed by atoms with Gasteiger partial charge in [-0.1, -0.05) is 68.1 Å². The number of rotatable bonds is 10. The van der Waals surface area contributed by atoms with Crippen LogP contribution in [0.2, 0.25) is 5.02 Å². The smallest absolute Gasteiger partial charge is 0.434 e. The van der Waals surface area contributed by atoms with E-state index in [2.05, 4.69) is 35.4 Å². The monoisotopic (exact) mass is 498 g/mol. The van der Waals surface area contributed by atoms with Gasteiger partial charge < -0.3 is 15.2 Å². The van der Waals surface area contributed by atoms with Gasteiger partial charge in [-0.15, -0.1) is 0 Å². The molecule has 0 atom stereocenters. The van der Waals surface area contributed by atoms with Crippen molar-refractivity contribution < 1.29 is 19.4 Å². The summed E-state index contributed by atoms with van der Waals surface area (Å²) in [7, 11) is 0. The molecule has 1 fully saturated rings. The first kappa shape index (κ1) is 26.9. The van der Waals surface area contributed by atoms with E-state index in [0.717, 1.165) is 23.1 Å². The number of amides is 1. The third kappa shape index (κ3) is 8.18. The summed E-state index contributed by atoms with van der Waals surface area (Å²) in [6, 6.07) is 11.9. The highest BCUT2D eigenvalue weighted by Gasteiger charge is 2.18. The molecule has 2 N–H and O–H groups in total. The van der Waals surface area contributed by atoms with E-state index in [-0.39, 0.29) is 13.0 Å². The van der Waals surface area contributed by atoms with Crippen LogP contribution in [-0.2, 0) is 29.1 Å². The molecule has 2 aromatic carbocycles. The molecule has 1 aliphatic rings. The number of carbonyl (C=O) groups excluding carboxylic acids is 1. The summed E-state index contributed by atoms with van der Waals surface area (Å²) < 4.78 is 5.43. The molecule has 35 heavy (non-hydrogen) atoms. The number of aryl methyl sites for hydroxylation is 1. The highest BCUT2D eigenvalue weighted by Crippen LogP contribution is 2.35. The van der Waals surface area contributed by atoms with Crippen molar-refractivity contribution in [2.45, 2.75) is 77.9 Å². The Hall–Kier alpha value is -2.70. The Kier molecular flexibility index (Phi) is 10.3. The van der Waals surface area contributed by atoms with Crippen LogP contribution in [0.15, 0.2) is 41.4 Å². The highest BCUT2D eigenvalue weighted by molar-refractivity contribution is 6.31. The van der Waals surface area contributed by atoms with Crippen molar-refractivity contribution in [3.05, 3.63) is 69.2 Å². The van der Waals surface area contributed by atoms with Crippen molar-refractivity contribution >= 4 is 29.4 Å². The molecule has 0 saturated heterocycles. The number of benzene rings is 2. The molecule has 2 aromatic rings. The topological polar surface area (TPSA) is 88.0 Å². The lowest BCUT2D eigenvalue weighted by atomic mass is 9.81. The molecule has 0 bridgehead atoms. The maximum atomic E-state index is 12.3. The minimum atomic E-state index is -0.847. The molecule has 0 aromatic heterocycles. The number of carboxylic acids is 1. The third-order valence-electron chi connectivity index (χ3n) is 6.56. The van der Waals surface area contributed by atoms with E-state index >= 15 is 0 Å². The maximum Gasteiger partial charge on any atom is 0.434 e. The summed E-state index contributed by atoms with van der Waals surface area (Å²) >= 11 is 6.36. The molecule has 1 aliphatic carbocycles. The molecule has 1 amide bonds. The molecule has 0 radical (unpaired) electrons. The van der Waals surface area contributed by atoms with Crippen molar-refractivity contribution in [1.82, 2.24) is 5.32 Å². The molecule has 1 saturated carbocycles. The third-order valence-corrected chi connectivity index (χ3v) is 6.91. The van der Waals surface area contributed by atoms with Crippen LogP contribution in [0.25, 0.3) is 0 Å². The molecule has 7 heteroatoms. The number of nitrogens with one attached hydrogen (secondary N) is 1. The molecule has 3 rings (SSSR count). The zero-order valence-electron chi connectivity index (χ0n) is 20.6. The number of aliphatic imine (C=N–C) groups is 1. The standard InChI is InChI=1S/C28H35ClN2O4/c1-3-21-15-20(9-12-25(21)22-7-5-4-6-8-22)18-35-28(34)31-19(2)23-10-11-24(26(29)16-23)17-30-14-13-27(32)33/h9-12,15-16,22,30H,3-8,13-14,17-18H2,1-2H3,(H,32,33). The fraction of sp³-hybridized carbons (Fsp3) is 0.464. The Morgan fingerprint density at radius 3 is 2.57 bits per heavy atom. The number of halogens is 1. The van der Waals surface area contributed by atoms with Gasteiger partial charge in [0.15, 0.2) is 0 Å². The Morgan fingerprint density at radius 1 is 1.11 bits per heavy atom. The average molecular weight is 499 g/mol. The van der Waals surface area contributed by atoms with E-state index in [1.807, 2.05) is 12.1 Å². The number of aliphatic carboxylic acids is 1. The SMILES string of the molecule is CCc1cc(COC(=O)N=C(C)c2ccc(CNCCC(=O)O)c(Cl)c2)ccc1C1CCCCC1. The van der Waals surface area contributed by atoms with Gasteiger partial charge in [-0.05, 0) is 66.0 Å². The molecular formula is C28H35ClN2O4. The second kappa shape index (κ2) is 13.4. The van der Waals surface area contributed by atoms with Crippen molar-refractivity contribution in [1.29, 1.82) is 0 Å². The van der Waals surface area contributed by atoms with E-state index < -0.39 is 12.1 Å². The number of carboxylic acid groups (broad SMARTS) is 1. The van der Waals surface area contributed by atoms with E-state index in [1.165, 1.54) is 43.2 Å². The zero-order chi connectivity index (χ0) is 25.2. The van der Waals surface area contributed by atoms with Gasteiger partial charge in [0, 0.05) is 18.1 Å². The number of hydrogen-bond acceptors (Lipinski definition) is 4. The van der Waals surface area contributed by atoms with Crippen LogP contribution in [-0.4, -0.2) is 29.4 Å². The largest absolute Gasteiger partial charge is 0.481 e. The fourth-order valence-corrected chi connectivity index (χ4v) is 4.83. The molecule has 0 aliphatic heterocycles. The van der Waals surface area contributed by atoms with Crippen LogP contribution >= 0.6 is 11.6 Å². The van der Waals surface area contributed by atoms with Crippen LogP contribution < -0.4 is 5.32 Å². The average Bonchev–Trinajstić information content (AvgIpc) is 2.86. The fourth-order valence-electron chi connectivity index (χ4n) is 4.58. The number of carbonyl (C=O) groups is 2.